The van der Waals surface area contributed by atoms with Gasteiger partial charge in [0.05, 0.1) is 17.0 Å². The Kier molecular flexibility index (Phi) is 7.58. The van der Waals surface area contributed by atoms with Crippen molar-refractivity contribution >= 4 is 40.9 Å². The van der Waals surface area contributed by atoms with Crippen LogP contribution in [0.5, 0.6) is 0 Å². The highest BCUT2D eigenvalue weighted by atomic mass is 35.5. The molecule has 0 saturated heterocycles. The maximum Gasteiger partial charge on any atom is 0.307 e. The maximum atomic E-state index is 13.1. The van der Waals surface area contributed by atoms with Crippen LogP contribution in [0.3, 0.4) is 0 Å². The molecule has 0 saturated carbocycles. The first-order valence-electron chi connectivity index (χ1n) is 7.62. The number of nitrogens with one attached hydrogen (secondary N) is 1. The van der Waals surface area contributed by atoms with E-state index >= 15 is 0 Å². The number of carbonyl (C=O) groups excluding carboxylic acids is 2. The molecule has 0 aromatic heterocycles. The SMILES string of the molecule is N#Cc1ccc(NC(=O)COC(=O)CCSc2ccc(F)c(F)c2)cc1Cl. The first-order valence-corrected chi connectivity index (χ1v) is 8.98. The summed E-state index contributed by atoms with van der Waals surface area (Å²) in [6, 6.07) is 9.73. The number of nitriles is 1. The Morgan fingerprint density at radius 3 is 2.63 bits per heavy atom. The highest BCUT2D eigenvalue weighted by Crippen LogP contribution is 2.21. The third-order valence-electron chi connectivity index (χ3n) is 3.20. The van der Waals surface area contributed by atoms with Gasteiger partial charge in [0.15, 0.2) is 18.2 Å². The highest BCUT2D eigenvalue weighted by molar-refractivity contribution is 7.99. The topological polar surface area (TPSA) is 79.2 Å². The molecule has 2 rings (SSSR count). The molecule has 0 bridgehead atoms. The van der Waals surface area contributed by atoms with Crippen molar-refractivity contribution in [2.24, 2.45) is 0 Å². The summed E-state index contributed by atoms with van der Waals surface area (Å²) in [6.07, 6.45) is -0.000360. The van der Waals surface area contributed by atoms with Crippen LogP contribution in [0, 0.1) is 23.0 Å². The van der Waals surface area contributed by atoms with Crippen LogP contribution in [0.25, 0.3) is 0 Å². The zero-order chi connectivity index (χ0) is 19.8. The molecule has 0 heterocycles. The van der Waals surface area contributed by atoms with Crippen LogP contribution >= 0.6 is 23.4 Å². The van der Waals surface area contributed by atoms with Crippen LogP contribution < -0.4 is 5.32 Å². The van der Waals surface area contributed by atoms with Gasteiger partial charge in [-0.3, -0.25) is 9.59 Å². The molecular formula is C18H13ClF2N2O3S. The minimum absolute atomic E-state index is 0.000360. The fourth-order valence-corrected chi connectivity index (χ4v) is 3.00. The van der Waals surface area contributed by atoms with Gasteiger partial charge in [0, 0.05) is 16.3 Å². The molecule has 1 amide bonds. The summed E-state index contributed by atoms with van der Waals surface area (Å²) in [6.45, 7) is -0.480. The van der Waals surface area contributed by atoms with Crippen molar-refractivity contribution < 1.29 is 23.1 Å². The summed E-state index contributed by atoms with van der Waals surface area (Å²) in [7, 11) is 0. The molecule has 2 aromatic rings. The lowest BCUT2D eigenvalue weighted by Gasteiger charge is -2.07. The number of rotatable bonds is 7. The lowest BCUT2D eigenvalue weighted by atomic mass is 10.2. The lowest BCUT2D eigenvalue weighted by Crippen LogP contribution is -2.21. The van der Waals surface area contributed by atoms with Crippen LogP contribution in [0.4, 0.5) is 14.5 Å². The Bertz CT molecular complexity index is 903. The number of nitrogens with zero attached hydrogens (tertiary/aromatic N) is 1. The molecule has 2 aromatic carbocycles. The second kappa shape index (κ2) is 9.90. The molecule has 0 radical (unpaired) electrons. The number of hydrogen-bond acceptors (Lipinski definition) is 5. The standard InChI is InChI=1S/C18H13ClF2N2O3S/c19-14-7-12(2-1-11(14)9-22)23-17(24)10-26-18(25)5-6-27-13-3-4-15(20)16(21)8-13/h1-4,7-8H,5-6,10H2,(H,23,24). The van der Waals surface area contributed by atoms with Gasteiger partial charge in [0.1, 0.15) is 6.07 Å². The van der Waals surface area contributed by atoms with E-state index in [9.17, 15) is 18.4 Å². The molecule has 140 valence electrons. The summed E-state index contributed by atoms with van der Waals surface area (Å²) in [5, 5.41) is 11.5. The molecule has 5 nitrogen and oxygen atoms in total. The van der Waals surface area contributed by atoms with Crippen molar-refractivity contribution in [1.82, 2.24) is 0 Å². The van der Waals surface area contributed by atoms with Crippen LogP contribution in [-0.2, 0) is 14.3 Å². The van der Waals surface area contributed by atoms with E-state index in [1.165, 1.54) is 24.3 Å². The fraction of sp³-hybridized carbons (Fsp3) is 0.167. The zero-order valence-electron chi connectivity index (χ0n) is 13.8. The minimum atomic E-state index is -0.956. The average molecular weight is 411 g/mol. The predicted molar refractivity (Wildman–Crippen MR) is 97.5 cm³/mol. The van der Waals surface area contributed by atoms with Crippen molar-refractivity contribution in [1.29, 1.82) is 5.26 Å². The van der Waals surface area contributed by atoms with E-state index in [1.807, 2.05) is 6.07 Å². The van der Waals surface area contributed by atoms with Crippen LogP contribution in [0.2, 0.25) is 5.02 Å². The molecule has 0 aliphatic heterocycles. The van der Waals surface area contributed by atoms with Crippen LogP contribution in [0.15, 0.2) is 41.3 Å². The van der Waals surface area contributed by atoms with Gasteiger partial charge in [-0.25, -0.2) is 8.78 Å². The second-order valence-electron chi connectivity index (χ2n) is 5.19. The minimum Gasteiger partial charge on any atom is -0.456 e. The van der Waals surface area contributed by atoms with Crippen molar-refractivity contribution in [3.8, 4) is 6.07 Å². The lowest BCUT2D eigenvalue weighted by molar-refractivity contribution is -0.146. The van der Waals surface area contributed by atoms with E-state index in [2.05, 4.69) is 5.32 Å². The van der Waals surface area contributed by atoms with E-state index < -0.39 is 30.1 Å². The number of esters is 1. The molecule has 27 heavy (non-hydrogen) atoms. The van der Waals surface area contributed by atoms with E-state index in [-0.39, 0.29) is 22.8 Å². The van der Waals surface area contributed by atoms with Gasteiger partial charge < -0.3 is 10.1 Å². The first kappa shape index (κ1) is 20.7. The number of ether oxygens (including phenoxy) is 1. The Hall–Kier alpha value is -2.63. The van der Waals surface area contributed by atoms with E-state index in [0.717, 1.165) is 23.9 Å². The number of benzene rings is 2. The van der Waals surface area contributed by atoms with Crippen molar-refractivity contribution in [2.45, 2.75) is 11.3 Å². The Labute approximate surface area is 163 Å². The molecule has 1 N–H and O–H groups in total. The van der Waals surface area contributed by atoms with Gasteiger partial charge >= 0.3 is 5.97 Å². The average Bonchev–Trinajstić information content (AvgIpc) is 2.63. The molecule has 0 spiro atoms. The number of anilines is 1. The number of hydrogen-bond donors (Lipinski definition) is 1. The second-order valence-corrected chi connectivity index (χ2v) is 6.77. The van der Waals surface area contributed by atoms with E-state index in [1.54, 1.807) is 0 Å². The number of carbonyl (C=O) groups is 2. The monoisotopic (exact) mass is 410 g/mol. The Morgan fingerprint density at radius 2 is 1.96 bits per heavy atom. The van der Waals surface area contributed by atoms with Gasteiger partial charge in [-0.2, -0.15) is 5.26 Å². The van der Waals surface area contributed by atoms with Crippen molar-refractivity contribution in [3.63, 3.8) is 0 Å². The van der Waals surface area contributed by atoms with Crippen LogP contribution in [0.1, 0.15) is 12.0 Å². The van der Waals surface area contributed by atoms with Gasteiger partial charge in [-0.1, -0.05) is 11.6 Å². The first-order chi connectivity index (χ1) is 12.9. The third-order valence-corrected chi connectivity index (χ3v) is 4.51. The smallest absolute Gasteiger partial charge is 0.307 e. The largest absolute Gasteiger partial charge is 0.456 e. The summed E-state index contributed by atoms with van der Waals surface area (Å²) in [5.74, 6) is -2.76. The van der Waals surface area contributed by atoms with Gasteiger partial charge in [-0.05, 0) is 36.4 Å². The summed E-state index contributed by atoms with van der Waals surface area (Å²) < 4.78 is 30.7. The van der Waals surface area contributed by atoms with Crippen molar-refractivity contribution in [3.05, 3.63) is 58.6 Å². The molecule has 0 fully saturated rings. The summed E-state index contributed by atoms with van der Waals surface area (Å²) in [5.41, 5.74) is 0.647. The van der Waals surface area contributed by atoms with Crippen LogP contribution in [-0.4, -0.2) is 24.2 Å². The van der Waals surface area contributed by atoms with Gasteiger partial charge in [-0.15, -0.1) is 11.8 Å². The molecular weight excluding hydrogens is 398 g/mol. The molecule has 0 aliphatic carbocycles. The van der Waals surface area contributed by atoms with Gasteiger partial charge in [0.25, 0.3) is 5.91 Å². The quantitative estimate of drug-likeness (QED) is 0.547. The predicted octanol–water partition coefficient (Wildman–Crippen LogP) is 4.15. The van der Waals surface area contributed by atoms with Crippen molar-refractivity contribution in [2.75, 3.05) is 17.7 Å². The maximum absolute atomic E-state index is 13.1. The summed E-state index contributed by atoms with van der Waals surface area (Å²) >= 11 is 7.03. The third kappa shape index (κ3) is 6.55. The number of amides is 1. The summed E-state index contributed by atoms with van der Waals surface area (Å²) in [4.78, 5) is 23.9. The Morgan fingerprint density at radius 1 is 1.19 bits per heavy atom. The normalized spacial score (nSPS) is 10.1. The molecule has 0 aliphatic rings. The highest BCUT2D eigenvalue weighted by Gasteiger charge is 2.10. The fourth-order valence-electron chi connectivity index (χ4n) is 1.92. The number of thioether (sulfide) groups is 1. The van der Waals surface area contributed by atoms with Gasteiger partial charge in [0.2, 0.25) is 0 Å². The Balaban J connectivity index is 1.71. The molecule has 9 heteroatoms. The molecule has 0 atom stereocenters. The van der Waals surface area contributed by atoms with E-state index in [0.29, 0.717) is 10.6 Å². The zero-order valence-corrected chi connectivity index (χ0v) is 15.4. The number of halogens is 3. The van der Waals surface area contributed by atoms with E-state index in [4.69, 9.17) is 21.6 Å². The molecule has 0 unspecified atom stereocenters.